The molecule has 0 radical (unpaired) electrons. The number of rotatable bonds is 7. The van der Waals surface area contributed by atoms with Crippen molar-refractivity contribution in [2.45, 2.75) is 67.2 Å². The van der Waals surface area contributed by atoms with Gasteiger partial charge >= 0.3 is 0 Å². The van der Waals surface area contributed by atoms with E-state index in [0.29, 0.717) is 0 Å². The average molecular weight is 234 g/mol. The Kier molecular flexibility index (Phi) is 8.85. The fraction of sp³-hybridized carbons (Fsp3) is 0.647. The highest BCUT2D eigenvalue weighted by Crippen LogP contribution is 2.15. The molecule has 0 aliphatic heterocycles. The van der Waals surface area contributed by atoms with E-state index in [9.17, 15) is 0 Å². The van der Waals surface area contributed by atoms with E-state index in [1.54, 1.807) is 0 Å². The minimum atomic E-state index is 0.731. The second kappa shape index (κ2) is 9.27. The molecule has 0 amide bonds. The highest BCUT2D eigenvalue weighted by atomic mass is 14.0. The maximum Gasteiger partial charge on any atom is -0.0164 e. The molecular weight excluding hydrogens is 204 g/mol. The van der Waals surface area contributed by atoms with E-state index >= 15 is 0 Å². The Balaban J connectivity index is 4.03. The monoisotopic (exact) mass is 234 g/mol. The van der Waals surface area contributed by atoms with Gasteiger partial charge in [-0.15, -0.1) is 0 Å². The smallest absolute Gasteiger partial charge is 0.0164 e. The van der Waals surface area contributed by atoms with Gasteiger partial charge in [0.05, 0.1) is 0 Å². The molecule has 98 valence electrons. The molecule has 0 saturated heterocycles. The zero-order valence-electron chi connectivity index (χ0n) is 12.6. The quantitative estimate of drug-likeness (QED) is 0.469. The Morgan fingerprint density at radius 2 is 1.65 bits per heavy atom. The van der Waals surface area contributed by atoms with Gasteiger partial charge in [0.25, 0.3) is 0 Å². The highest BCUT2D eigenvalue weighted by Gasteiger charge is 1.98. The first-order valence-corrected chi connectivity index (χ1v) is 6.93. The van der Waals surface area contributed by atoms with Gasteiger partial charge in [0.2, 0.25) is 0 Å². The lowest BCUT2D eigenvalue weighted by Crippen LogP contribution is -1.92. The van der Waals surface area contributed by atoms with Crippen molar-refractivity contribution in [2.75, 3.05) is 0 Å². The summed E-state index contributed by atoms with van der Waals surface area (Å²) < 4.78 is 0. The fourth-order valence-electron chi connectivity index (χ4n) is 1.66. The highest BCUT2D eigenvalue weighted by molar-refractivity contribution is 5.09. The van der Waals surface area contributed by atoms with Crippen LogP contribution in [-0.2, 0) is 0 Å². The summed E-state index contributed by atoms with van der Waals surface area (Å²) in [5.74, 6) is 0.731. The molecule has 0 heteroatoms. The van der Waals surface area contributed by atoms with Gasteiger partial charge in [0.15, 0.2) is 0 Å². The first-order valence-electron chi connectivity index (χ1n) is 6.93. The van der Waals surface area contributed by atoms with Crippen LogP contribution in [0.3, 0.4) is 0 Å². The van der Waals surface area contributed by atoms with Gasteiger partial charge in [-0.25, -0.2) is 0 Å². The Hall–Kier alpha value is -0.780. The van der Waals surface area contributed by atoms with Gasteiger partial charge in [0.1, 0.15) is 0 Å². The summed E-state index contributed by atoms with van der Waals surface area (Å²) in [4.78, 5) is 0. The molecule has 0 fully saturated rings. The maximum absolute atomic E-state index is 2.37. The lowest BCUT2D eigenvalue weighted by Gasteiger charge is -2.08. The van der Waals surface area contributed by atoms with Crippen LogP contribution in [0.5, 0.6) is 0 Å². The van der Waals surface area contributed by atoms with Crippen LogP contribution >= 0.6 is 0 Å². The summed E-state index contributed by atoms with van der Waals surface area (Å²) in [6.45, 7) is 13.4. The Morgan fingerprint density at radius 1 is 1.00 bits per heavy atom. The molecule has 0 heterocycles. The molecule has 0 nitrogen and oxygen atoms in total. The van der Waals surface area contributed by atoms with Gasteiger partial charge in [0, 0.05) is 0 Å². The summed E-state index contributed by atoms with van der Waals surface area (Å²) >= 11 is 0. The molecule has 0 aromatic rings. The van der Waals surface area contributed by atoms with Crippen molar-refractivity contribution in [3.63, 3.8) is 0 Å². The van der Waals surface area contributed by atoms with Gasteiger partial charge in [-0.05, 0) is 59.3 Å². The van der Waals surface area contributed by atoms with E-state index in [0.717, 1.165) is 12.3 Å². The zero-order valence-corrected chi connectivity index (χ0v) is 12.6. The van der Waals surface area contributed by atoms with E-state index in [4.69, 9.17) is 0 Å². The van der Waals surface area contributed by atoms with Crippen LogP contribution in [0.4, 0.5) is 0 Å². The lowest BCUT2D eigenvalue weighted by molar-refractivity contribution is 0.653. The third-order valence-corrected chi connectivity index (χ3v) is 3.39. The minimum Gasteiger partial charge on any atom is -0.0856 e. The van der Waals surface area contributed by atoms with Gasteiger partial charge < -0.3 is 0 Å². The molecule has 0 saturated carbocycles. The summed E-state index contributed by atoms with van der Waals surface area (Å²) in [6, 6.07) is 0. The van der Waals surface area contributed by atoms with Crippen LogP contribution in [-0.4, -0.2) is 0 Å². The van der Waals surface area contributed by atoms with Crippen LogP contribution < -0.4 is 0 Å². The van der Waals surface area contributed by atoms with Crippen LogP contribution in [0.25, 0.3) is 0 Å². The predicted molar refractivity (Wildman–Crippen MR) is 80.3 cm³/mol. The van der Waals surface area contributed by atoms with Crippen molar-refractivity contribution in [3.8, 4) is 0 Å². The molecule has 0 rings (SSSR count). The molecule has 0 aromatic carbocycles. The third kappa shape index (κ3) is 8.97. The fourth-order valence-corrected chi connectivity index (χ4v) is 1.66. The SMILES string of the molecule is CCC(C)/C(C)=C\C/C=C(\C)CCC=C(C)C. The normalized spacial score (nSPS) is 14.7. The van der Waals surface area contributed by atoms with Crippen LogP contribution in [0.1, 0.15) is 67.2 Å². The average Bonchev–Trinajstić information content (AvgIpc) is 2.27. The lowest BCUT2D eigenvalue weighted by atomic mass is 9.99. The van der Waals surface area contributed by atoms with Crippen LogP contribution in [0, 0.1) is 5.92 Å². The summed E-state index contributed by atoms with van der Waals surface area (Å²) in [5, 5.41) is 0. The Morgan fingerprint density at radius 3 is 2.18 bits per heavy atom. The van der Waals surface area contributed by atoms with E-state index in [1.165, 1.54) is 36.0 Å². The maximum atomic E-state index is 2.37. The van der Waals surface area contributed by atoms with Gasteiger partial charge in [-0.3, -0.25) is 0 Å². The summed E-state index contributed by atoms with van der Waals surface area (Å²) in [5.41, 5.74) is 4.46. The number of allylic oxidation sites excluding steroid dienone is 6. The third-order valence-electron chi connectivity index (χ3n) is 3.39. The zero-order chi connectivity index (χ0) is 13.3. The molecule has 0 bridgehead atoms. The molecule has 0 N–H and O–H groups in total. The Bertz CT molecular complexity index is 285. The largest absolute Gasteiger partial charge is 0.0856 e. The number of hydrogen-bond acceptors (Lipinski definition) is 0. The van der Waals surface area contributed by atoms with Crippen molar-refractivity contribution >= 4 is 0 Å². The molecular formula is C17H30. The summed E-state index contributed by atoms with van der Waals surface area (Å²) in [6.07, 6.45) is 11.8. The molecule has 0 spiro atoms. The van der Waals surface area contributed by atoms with Crippen molar-refractivity contribution in [2.24, 2.45) is 5.92 Å². The molecule has 17 heavy (non-hydrogen) atoms. The van der Waals surface area contributed by atoms with Crippen molar-refractivity contribution < 1.29 is 0 Å². The van der Waals surface area contributed by atoms with Crippen molar-refractivity contribution in [3.05, 3.63) is 34.9 Å². The van der Waals surface area contributed by atoms with E-state index in [-0.39, 0.29) is 0 Å². The molecule has 1 atom stereocenters. The minimum absolute atomic E-state index is 0.731. The van der Waals surface area contributed by atoms with Crippen LogP contribution in [0.2, 0.25) is 0 Å². The molecule has 1 unspecified atom stereocenters. The second-order valence-electron chi connectivity index (χ2n) is 5.36. The topological polar surface area (TPSA) is 0 Å². The van der Waals surface area contributed by atoms with Crippen molar-refractivity contribution in [1.29, 1.82) is 0 Å². The van der Waals surface area contributed by atoms with Crippen molar-refractivity contribution in [1.82, 2.24) is 0 Å². The van der Waals surface area contributed by atoms with E-state index in [1.807, 2.05) is 0 Å². The van der Waals surface area contributed by atoms with Crippen LogP contribution in [0.15, 0.2) is 34.9 Å². The first kappa shape index (κ1) is 16.2. The van der Waals surface area contributed by atoms with E-state index < -0.39 is 0 Å². The first-order chi connectivity index (χ1) is 7.97. The molecule has 0 aliphatic carbocycles. The van der Waals surface area contributed by atoms with Gasteiger partial charge in [-0.2, -0.15) is 0 Å². The summed E-state index contributed by atoms with van der Waals surface area (Å²) in [7, 11) is 0. The Labute approximate surface area is 109 Å². The molecule has 0 aromatic heterocycles. The standard InChI is InChI=1S/C17H30/c1-7-16(5)17(6)13-9-12-15(4)11-8-10-14(2)3/h10,12-13,16H,7-9,11H2,1-6H3/b15-12+,17-13-. The predicted octanol–water partition coefficient (Wildman–Crippen LogP) is 6.06. The number of hydrogen-bond donors (Lipinski definition) is 0. The molecule has 0 aliphatic rings. The van der Waals surface area contributed by atoms with Gasteiger partial charge in [-0.1, -0.05) is 48.8 Å². The second-order valence-corrected chi connectivity index (χ2v) is 5.36. The van der Waals surface area contributed by atoms with E-state index in [2.05, 4.69) is 59.8 Å².